The minimum atomic E-state index is -0.127. The number of esters is 1. The van der Waals surface area contributed by atoms with Crippen LogP contribution in [-0.2, 0) is 16.1 Å². The van der Waals surface area contributed by atoms with Crippen LogP contribution in [0.1, 0.15) is 32.3 Å². The van der Waals surface area contributed by atoms with E-state index in [0.717, 1.165) is 24.4 Å². The lowest BCUT2D eigenvalue weighted by Crippen LogP contribution is -2.44. The fraction of sp³-hybridized carbons (Fsp3) is 0.529. The zero-order valence-electron chi connectivity index (χ0n) is 13.2. The third-order valence-electron chi connectivity index (χ3n) is 3.80. The molecule has 1 aliphatic rings. The smallest absolute Gasteiger partial charge is 0.315 e. The van der Waals surface area contributed by atoms with Gasteiger partial charge in [-0.25, -0.2) is 0 Å². The predicted octanol–water partition coefficient (Wildman–Crippen LogP) is 3.66. The molecule has 120 valence electrons. The van der Waals surface area contributed by atoms with Crippen molar-refractivity contribution in [3.05, 3.63) is 35.9 Å². The van der Waals surface area contributed by atoms with Crippen molar-refractivity contribution >= 4 is 34.9 Å². The molecule has 2 atom stereocenters. The number of hydrogen-bond donors (Lipinski definition) is 0. The summed E-state index contributed by atoms with van der Waals surface area (Å²) in [5.74, 6) is 0.296. The number of likely N-dealkylation sites (tertiary alicyclic amines) is 1. The molecule has 0 bridgehead atoms. The number of hydrogen-bond acceptors (Lipinski definition) is 4. The first-order valence-corrected chi connectivity index (χ1v) is 9.16. The van der Waals surface area contributed by atoms with Gasteiger partial charge < -0.3 is 9.64 Å². The van der Waals surface area contributed by atoms with Gasteiger partial charge in [0.05, 0.1) is 17.3 Å². The van der Waals surface area contributed by atoms with Crippen LogP contribution in [0, 0.1) is 0 Å². The quantitative estimate of drug-likeness (QED) is 0.584. The summed E-state index contributed by atoms with van der Waals surface area (Å²) in [5, 5.41) is 0.416. The van der Waals surface area contributed by atoms with Crippen LogP contribution >= 0.6 is 24.0 Å². The minimum absolute atomic E-state index is 0.127. The van der Waals surface area contributed by atoms with Gasteiger partial charge in [-0.3, -0.25) is 4.79 Å². The van der Waals surface area contributed by atoms with Crippen molar-refractivity contribution in [2.75, 3.05) is 12.4 Å². The SMILES string of the molecule is CCOC(=O)CS[C@H]1CC(=S)N(Cc2ccccc2)[C@H](C)C1. The standard InChI is InChI=1S/C17H23NO2S2/c1-3-20-17(19)12-22-15-9-13(2)18(16(21)10-15)11-14-7-5-4-6-8-14/h4-8,13,15H,3,9-12H2,1-2H3/t13-,15-/m1/s1. The molecule has 1 aromatic rings. The summed E-state index contributed by atoms with van der Waals surface area (Å²) in [6.07, 6.45) is 1.92. The number of thioether (sulfide) groups is 1. The van der Waals surface area contributed by atoms with Crippen molar-refractivity contribution in [1.29, 1.82) is 0 Å². The average molecular weight is 338 g/mol. The van der Waals surface area contributed by atoms with Crippen LogP contribution in [0.25, 0.3) is 0 Å². The Kier molecular flexibility index (Phi) is 6.70. The second-order valence-corrected chi connectivity index (χ2v) is 7.29. The van der Waals surface area contributed by atoms with Gasteiger partial charge in [-0.1, -0.05) is 42.5 Å². The van der Waals surface area contributed by atoms with Crippen molar-refractivity contribution in [3.8, 4) is 0 Å². The Labute approximate surface area is 142 Å². The number of benzene rings is 1. The predicted molar refractivity (Wildman–Crippen MR) is 96.2 cm³/mol. The monoisotopic (exact) mass is 337 g/mol. The molecule has 1 aliphatic heterocycles. The third-order valence-corrected chi connectivity index (χ3v) is 5.43. The van der Waals surface area contributed by atoms with Crippen LogP contribution in [0.4, 0.5) is 0 Å². The van der Waals surface area contributed by atoms with Crippen molar-refractivity contribution in [1.82, 2.24) is 4.90 Å². The van der Waals surface area contributed by atoms with Gasteiger partial charge >= 0.3 is 5.97 Å². The van der Waals surface area contributed by atoms with Crippen molar-refractivity contribution in [2.24, 2.45) is 0 Å². The summed E-state index contributed by atoms with van der Waals surface area (Å²) in [4.78, 5) is 14.8. The Hall–Kier alpha value is -1.07. The maximum Gasteiger partial charge on any atom is 0.315 e. The lowest BCUT2D eigenvalue weighted by molar-refractivity contribution is -0.139. The zero-order chi connectivity index (χ0) is 15.9. The van der Waals surface area contributed by atoms with E-state index in [9.17, 15) is 4.79 Å². The molecule has 3 nitrogen and oxygen atoms in total. The topological polar surface area (TPSA) is 29.5 Å². The Morgan fingerprint density at radius 1 is 1.41 bits per heavy atom. The first kappa shape index (κ1) is 17.3. The van der Waals surface area contributed by atoms with Crippen LogP contribution in [0.15, 0.2) is 30.3 Å². The number of piperidine rings is 1. The van der Waals surface area contributed by atoms with Gasteiger partial charge in [-0.05, 0) is 25.8 Å². The van der Waals surface area contributed by atoms with Gasteiger partial charge in [0, 0.05) is 24.3 Å². The second kappa shape index (κ2) is 8.53. The molecular formula is C17H23NO2S2. The van der Waals surface area contributed by atoms with Gasteiger partial charge in [0.15, 0.2) is 0 Å². The first-order chi connectivity index (χ1) is 10.6. The van der Waals surface area contributed by atoms with Crippen LogP contribution < -0.4 is 0 Å². The Bertz CT molecular complexity index is 507. The summed E-state index contributed by atoms with van der Waals surface area (Å²) in [7, 11) is 0. The van der Waals surface area contributed by atoms with Crippen molar-refractivity contribution in [2.45, 2.75) is 44.5 Å². The van der Waals surface area contributed by atoms with E-state index in [2.05, 4.69) is 36.1 Å². The van der Waals surface area contributed by atoms with E-state index in [1.54, 1.807) is 11.8 Å². The van der Waals surface area contributed by atoms with Gasteiger partial charge in [-0.2, -0.15) is 0 Å². The van der Waals surface area contributed by atoms with Gasteiger partial charge in [0.2, 0.25) is 0 Å². The second-order valence-electron chi connectivity index (χ2n) is 5.53. The molecule has 0 unspecified atom stereocenters. The summed E-state index contributed by atoms with van der Waals surface area (Å²) in [6, 6.07) is 10.8. The van der Waals surface area contributed by atoms with E-state index in [1.165, 1.54) is 5.56 Å². The molecule has 22 heavy (non-hydrogen) atoms. The highest BCUT2D eigenvalue weighted by Gasteiger charge is 2.29. The molecule has 0 saturated carbocycles. The van der Waals surface area contributed by atoms with Crippen molar-refractivity contribution < 1.29 is 9.53 Å². The van der Waals surface area contributed by atoms with E-state index in [1.807, 2.05) is 13.0 Å². The molecule has 1 fully saturated rings. The summed E-state index contributed by atoms with van der Waals surface area (Å²) in [5.41, 5.74) is 1.29. The van der Waals surface area contributed by atoms with Gasteiger partial charge in [-0.15, -0.1) is 11.8 Å². The summed E-state index contributed by atoms with van der Waals surface area (Å²) >= 11 is 7.28. The maximum absolute atomic E-state index is 11.5. The molecule has 0 aromatic heterocycles. The molecule has 0 spiro atoms. The molecule has 5 heteroatoms. The number of nitrogens with zero attached hydrogens (tertiary/aromatic N) is 1. The van der Waals surface area contributed by atoms with E-state index in [-0.39, 0.29) is 5.97 Å². The van der Waals surface area contributed by atoms with E-state index < -0.39 is 0 Å². The minimum Gasteiger partial charge on any atom is -0.465 e. The molecular weight excluding hydrogens is 314 g/mol. The Balaban J connectivity index is 1.86. The fourth-order valence-electron chi connectivity index (χ4n) is 2.69. The normalized spacial score (nSPS) is 21.7. The average Bonchev–Trinajstić information content (AvgIpc) is 2.50. The Morgan fingerprint density at radius 3 is 2.77 bits per heavy atom. The molecule has 0 aliphatic carbocycles. The van der Waals surface area contributed by atoms with Crippen LogP contribution in [-0.4, -0.2) is 39.5 Å². The number of ether oxygens (including phenoxy) is 1. The van der Waals surface area contributed by atoms with E-state index >= 15 is 0 Å². The van der Waals surface area contributed by atoms with Gasteiger partial charge in [0.25, 0.3) is 0 Å². The number of carbonyl (C=O) groups excluding carboxylic acids is 1. The van der Waals surface area contributed by atoms with E-state index in [4.69, 9.17) is 17.0 Å². The first-order valence-electron chi connectivity index (χ1n) is 7.70. The number of thiocarbonyl (C=S) groups is 1. The highest BCUT2D eigenvalue weighted by atomic mass is 32.2. The molecule has 1 heterocycles. The van der Waals surface area contributed by atoms with E-state index in [0.29, 0.717) is 23.7 Å². The van der Waals surface area contributed by atoms with Crippen LogP contribution in [0.2, 0.25) is 0 Å². The molecule has 0 N–H and O–H groups in total. The van der Waals surface area contributed by atoms with Crippen molar-refractivity contribution in [3.63, 3.8) is 0 Å². The molecule has 0 amide bonds. The van der Waals surface area contributed by atoms with Crippen LogP contribution in [0.3, 0.4) is 0 Å². The third kappa shape index (κ3) is 4.99. The largest absolute Gasteiger partial charge is 0.465 e. The molecule has 0 radical (unpaired) electrons. The fourth-order valence-corrected chi connectivity index (χ4v) is 4.39. The van der Waals surface area contributed by atoms with Gasteiger partial charge in [0.1, 0.15) is 0 Å². The lowest BCUT2D eigenvalue weighted by Gasteiger charge is -2.39. The summed E-state index contributed by atoms with van der Waals surface area (Å²) < 4.78 is 4.98. The highest BCUT2D eigenvalue weighted by Crippen LogP contribution is 2.30. The zero-order valence-corrected chi connectivity index (χ0v) is 14.8. The maximum atomic E-state index is 11.5. The number of carbonyl (C=O) groups is 1. The number of rotatable bonds is 6. The Morgan fingerprint density at radius 2 is 2.14 bits per heavy atom. The molecule has 2 rings (SSSR count). The molecule has 1 saturated heterocycles. The summed E-state index contributed by atoms with van der Waals surface area (Å²) in [6.45, 7) is 5.37. The van der Waals surface area contributed by atoms with Crippen LogP contribution in [0.5, 0.6) is 0 Å². The molecule has 1 aromatic carbocycles. The lowest BCUT2D eigenvalue weighted by atomic mass is 10.0. The highest BCUT2D eigenvalue weighted by molar-refractivity contribution is 8.00.